The molecular formula is C40H34BNOSi. The van der Waals surface area contributed by atoms with Gasteiger partial charge in [0, 0.05) is 16.9 Å². The highest BCUT2D eigenvalue weighted by Crippen LogP contribution is 2.60. The highest BCUT2D eigenvalue weighted by atomic mass is 28.3. The van der Waals surface area contributed by atoms with Crippen molar-refractivity contribution in [3.8, 4) is 11.5 Å². The molecule has 0 amide bonds. The van der Waals surface area contributed by atoms with E-state index >= 15 is 0 Å². The summed E-state index contributed by atoms with van der Waals surface area (Å²) in [6.45, 7) is -0.141. The molecule has 44 heavy (non-hydrogen) atoms. The van der Waals surface area contributed by atoms with Crippen LogP contribution in [-0.2, 0) is 0 Å². The van der Waals surface area contributed by atoms with Gasteiger partial charge in [0.15, 0.2) is 8.07 Å². The second kappa shape index (κ2) is 8.37. The molecule has 5 aromatic carbocycles. The molecule has 5 aromatic rings. The molecule has 0 N–H and O–H groups in total. The summed E-state index contributed by atoms with van der Waals surface area (Å²) >= 11 is 0. The first kappa shape index (κ1) is 21.6. The topological polar surface area (TPSA) is 12.5 Å². The van der Waals surface area contributed by atoms with E-state index < -0.39 is 8.07 Å². The molecule has 4 bridgehead atoms. The van der Waals surface area contributed by atoms with Gasteiger partial charge in [-0.1, -0.05) is 91.0 Å². The fraction of sp³-hybridized carbons (Fsp3) is 0.250. The van der Waals surface area contributed by atoms with Crippen LogP contribution in [0.25, 0.3) is 0 Å². The molecule has 3 aliphatic heterocycles. The van der Waals surface area contributed by atoms with Crippen molar-refractivity contribution in [1.82, 2.24) is 0 Å². The van der Waals surface area contributed by atoms with Crippen molar-refractivity contribution in [2.45, 2.75) is 44.1 Å². The third kappa shape index (κ3) is 2.85. The fourth-order valence-electron chi connectivity index (χ4n) is 11.4. The number of anilines is 2. The van der Waals surface area contributed by atoms with Gasteiger partial charge in [-0.2, -0.15) is 0 Å². The van der Waals surface area contributed by atoms with E-state index in [2.05, 4.69) is 102 Å². The summed E-state index contributed by atoms with van der Waals surface area (Å²) in [5, 5.41) is 5.44. The number of rotatable bonds is 3. The zero-order valence-electron chi connectivity index (χ0n) is 27.6. The monoisotopic (exact) mass is 586 g/mol. The summed E-state index contributed by atoms with van der Waals surface area (Å²) in [4.78, 5) is 2.59. The molecule has 4 heteroatoms. The predicted molar refractivity (Wildman–Crippen MR) is 184 cm³/mol. The summed E-state index contributed by atoms with van der Waals surface area (Å²) in [6, 6.07) is 36.0. The van der Waals surface area contributed by atoms with E-state index in [0.29, 0.717) is 5.75 Å². The Labute approximate surface area is 265 Å². The molecule has 4 aliphatic carbocycles. The number of hydrogen-bond acceptors (Lipinski definition) is 2. The number of benzene rings is 5. The van der Waals surface area contributed by atoms with E-state index in [0.717, 1.165) is 53.9 Å². The lowest BCUT2D eigenvalue weighted by molar-refractivity contribution is 0.000633. The van der Waals surface area contributed by atoms with E-state index in [-0.39, 0.29) is 30.4 Å². The van der Waals surface area contributed by atoms with Crippen LogP contribution in [0, 0.1) is 17.8 Å². The largest absolute Gasteiger partial charge is 0.458 e. The van der Waals surface area contributed by atoms with Gasteiger partial charge in [-0.05, 0) is 118 Å². The standard InChI is InChI=1S/C40H34BNOSi/c1-3-10-29(11-4-1)44(30-12-5-2-6-13-30)35-18-8-15-32-38(35)41-37-31(14-7-16-33(37)43-34-17-9-19-36(44)39(34)41)42(32)40-23-26-20-27(24-40)22-28(21-26)25-40/h1-19,26-28H,20-25H2/i7D,14D,16D. The molecule has 4 fully saturated rings. The Morgan fingerprint density at radius 1 is 0.636 bits per heavy atom. The van der Waals surface area contributed by atoms with Gasteiger partial charge >= 0.3 is 0 Å². The Balaban J connectivity index is 1.32. The lowest BCUT2D eigenvalue weighted by Gasteiger charge is -2.63. The maximum absolute atomic E-state index is 9.59. The maximum Gasteiger partial charge on any atom is 0.256 e. The first-order chi connectivity index (χ1) is 23.0. The van der Waals surface area contributed by atoms with Gasteiger partial charge in [0.05, 0.1) is 4.11 Å². The molecule has 0 saturated heterocycles. The highest BCUT2D eigenvalue weighted by Gasteiger charge is 2.60. The van der Waals surface area contributed by atoms with Gasteiger partial charge in [-0.25, -0.2) is 0 Å². The smallest absolute Gasteiger partial charge is 0.256 e. The molecule has 0 aromatic heterocycles. The van der Waals surface area contributed by atoms with Crippen LogP contribution in [0.4, 0.5) is 11.4 Å². The second-order valence-corrected chi connectivity index (χ2v) is 18.1. The zero-order valence-corrected chi connectivity index (χ0v) is 25.6. The number of ether oxygens (including phenoxy) is 1. The Kier molecular flexibility index (Phi) is 4.12. The normalized spacial score (nSPS) is 28.1. The van der Waals surface area contributed by atoms with Crippen LogP contribution in [0.15, 0.2) is 115 Å². The maximum atomic E-state index is 9.59. The van der Waals surface area contributed by atoms with Gasteiger partial charge in [0.1, 0.15) is 11.5 Å². The van der Waals surface area contributed by atoms with Crippen LogP contribution in [-0.4, -0.2) is 20.3 Å². The van der Waals surface area contributed by atoms with E-state index in [1.54, 1.807) is 0 Å². The summed E-state index contributed by atoms with van der Waals surface area (Å²) in [5.74, 6) is 3.45. The molecular weight excluding hydrogens is 549 g/mol. The highest BCUT2D eigenvalue weighted by molar-refractivity contribution is 7.27. The Morgan fingerprint density at radius 3 is 1.91 bits per heavy atom. The van der Waals surface area contributed by atoms with Crippen molar-refractivity contribution < 1.29 is 8.85 Å². The summed E-state index contributed by atoms with van der Waals surface area (Å²) in [7, 11) is -2.85. The third-order valence-corrected chi connectivity index (χ3v) is 17.1. The molecule has 0 spiro atoms. The molecule has 12 rings (SSSR count). The van der Waals surface area contributed by atoms with Gasteiger partial charge in [0.25, 0.3) is 6.71 Å². The van der Waals surface area contributed by atoms with Gasteiger partial charge in [-0.15, -0.1) is 0 Å². The van der Waals surface area contributed by atoms with Gasteiger partial charge in [0.2, 0.25) is 0 Å². The summed E-state index contributed by atoms with van der Waals surface area (Å²) < 4.78 is 34.7. The van der Waals surface area contributed by atoms with E-state index in [4.69, 9.17) is 6.11 Å². The molecule has 0 atom stereocenters. The van der Waals surface area contributed by atoms with Crippen molar-refractivity contribution in [1.29, 1.82) is 0 Å². The minimum Gasteiger partial charge on any atom is -0.458 e. The Bertz CT molecular complexity index is 2100. The van der Waals surface area contributed by atoms with Gasteiger partial charge in [-0.3, -0.25) is 0 Å². The summed E-state index contributed by atoms with van der Waals surface area (Å²) in [5.41, 5.74) is 5.47. The third-order valence-electron chi connectivity index (χ3n) is 12.3. The molecule has 212 valence electrons. The van der Waals surface area contributed by atoms with Crippen molar-refractivity contribution in [3.63, 3.8) is 0 Å². The van der Waals surface area contributed by atoms with Crippen LogP contribution in [0.1, 0.15) is 42.6 Å². The van der Waals surface area contributed by atoms with Crippen LogP contribution < -0.4 is 46.8 Å². The van der Waals surface area contributed by atoms with Crippen molar-refractivity contribution in [2.24, 2.45) is 17.8 Å². The second-order valence-electron chi connectivity index (χ2n) is 14.4. The van der Waals surface area contributed by atoms with E-state index in [9.17, 15) is 2.74 Å². The average Bonchev–Trinajstić information content (AvgIpc) is 3.09. The lowest BCUT2D eigenvalue weighted by Crippen LogP contribution is -2.88. The van der Waals surface area contributed by atoms with E-state index in [1.807, 2.05) is 0 Å². The molecule has 7 aliphatic rings. The van der Waals surface area contributed by atoms with Crippen LogP contribution in [0.2, 0.25) is 0 Å². The molecule has 4 saturated carbocycles. The van der Waals surface area contributed by atoms with Crippen LogP contribution in [0.5, 0.6) is 11.5 Å². The predicted octanol–water partition coefficient (Wildman–Crippen LogP) is 4.42. The minimum atomic E-state index is -2.85. The Hall–Kier alpha value is -4.02. The fourth-order valence-corrected chi connectivity index (χ4v) is 16.6. The van der Waals surface area contributed by atoms with Gasteiger partial charge < -0.3 is 9.64 Å². The van der Waals surface area contributed by atoms with Crippen LogP contribution >= 0.6 is 0 Å². The summed E-state index contributed by atoms with van der Waals surface area (Å²) in [6.07, 6.45) is 7.42. The lowest BCUT2D eigenvalue weighted by atomic mass is 9.33. The van der Waals surface area contributed by atoms with Crippen molar-refractivity contribution in [2.75, 3.05) is 4.90 Å². The quantitative estimate of drug-likeness (QED) is 0.285. The first-order valence-corrected chi connectivity index (χ1v) is 18.5. The zero-order chi connectivity index (χ0) is 31.2. The molecule has 0 unspecified atom stereocenters. The van der Waals surface area contributed by atoms with Crippen molar-refractivity contribution >= 4 is 63.3 Å². The molecule has 3 heterocycles. The number of hydrogen-bond donors (Lipinski definition) is 0. The SMILES string of the molecule is [2H]c1c([2H])c2c3c(c1[2H])N(C14CC5CC(CC(C5)C1)C4)c1cccc4c1B3c1c(cccc1[Si]4(c1ccccc1)c1ccccc1)O2. The first-order valence-electron chi connectivity index (χ1n) is 18.0. The Morgan fingerprint density at radius 2 is 1.25 bits per heavy atom. The van der Waals surface area contributed by atoms with Crippen molar-refractivity contribution in [3.05, 3.63) is 115 Å². The average molecular weight is 587 g/mol. The minimum absolute atomic E-state index is 0.0270. The molecule has 2 nitrogen and oxygen atoms in total. The van der Waals surface area contributed by atoms with E-state index in [1.165, 1.54) is 56.6 Å². The van der Waals surface area contributed by atoms with Crippen LogP contribution in [0.3, 0.4) is 0 Å². The molecule has 0 radical (unpaired) electrons. The number of nitrogens with zero attached hydrogens (tertiary/aromatic N) is 1.